The number of nitrogens with one attached hydrogen (secondary N) is 1. The number of aromatic nitrogens is 2. The minimum atomic E-state index is -0.0585. The van der Waals surface area contributed by atoms with Gasteiger partial charge >= 0.3 is 6.03 Å². The third kappa shape index (κ3) is 4.04. The first-order valence-corrected chi connectivity index (χ1v) is 10.3. The highest BCUT2D eigenvalue weighted by Crippen LogP contribution is 2.31. The molecule has 5 nitrogen and oxygen atoms in total. The lowest BCUT2D eigenvalue weighted by Gasteiger charge is -2.26. The predicted octanol–water partition coefficient (Wildman–Crippen LogP) is 5.48. The molecule has 1 N–H and O–H groups in total. The van der Waals surface area contributed by atoms with Crippen molar-refractivity contribution in [3.05, 3.63) is 65.2 Å². The van der Waals surface area contributed by atoms with Crippen LogP contribution in [0.25, 0.3) is 16.9 Å². The van der Waals surface area contributed by atoms with Crippen LogP contribution >= 0.6 is 0 Å². The summed E-state index contributed by atoms with van der Waals surface area (Å²) in [7, 11) is 0. The molecule has 0 spiro atoms. The van der Waals surface area contributed by atoms with E-state index in [1.165, 1.54) is 17.5 Å². The third-order valence-electron chi connectivity index (χ3n) is 5.59. The Bertz CT molecular complexity index is 997. The Kier molecular flexibility index (Phi) is 5.38. The minimum Gasteiger partial charge on any atom is -0.324 e. The second-order valence-corrected chi connectivity index (χ2v) is 7.91. The van der Waals surface area contributed by atoms with Gasteiger partial charge in [0.15, 0.2) is 5.82 Å². The molecule has 3 aromatic rings. The number of urea groups is 1. The summed E-state index contributed by atoms with van der Waals surface area (Å²) in [4.78, 5) is 14.7. The van der Waals surface area contributed by atoms with Crippen molar-refractivity contribution in [2.45, 2.75) is 40.0 Å². The van der Waals surface area contributed by atoms with E-state index in [1.54, 1.807) is 0 Å². The quantitative estimate of drug-likeness (QED) is 0.646. The van der Waals surface area contributed by atoms with E-state index < -0.39 is 0 Å². The number of rotatable bonds is 3. The summed E-state index contributed by atoms with van der Waals surface area (Å²) in [6.07, 6.45) is 3.33. The number of anilines is 1. The van der Waals surface area contributed by atoms with Gasteiger partial charge in [0.2, 0.25) is 0 Å². The van der Waals surface area contributed by atoms with Gasteiger partial charge < -0.3 is 4.90 Å². The average Bonchev–Trinajstić information content (AvgIpc) is 3.06. The van der Waals surface area contributed by atoms with Gasteiger partial charge in [-0.3, -0.25) is 5.32 Å². The average molecular weight is 389 g/mol. The van der Waals surface area contributed by atoms with Crippen molar-refractivity contribution in [2.24, 2.45) is 0 Å². The van der Waals surface area contributed by atoms with Crippen LogP contribution in [0.5, 0.6) is 0 Å². The SMILES string of the molecule is Cc1ccc(-c2c(C)c(NC(=O)N3CCCCC3)nn2-c2ccc(C)cc2)cc1. The van der Waals surface area contributed by atoms with Crippen molar-refractivity contribution >= 4 is 11.8 Å². The number of carbonyl (C=O) groups excluding carboxylic acids is 1. The van der Waals surface area contributed by atoms with Gasteiger partial charge in [0, 0.05) is 24.2 Å². The van der Waals surface area contributed by atoms with Gasteiger partial charge in [0.05, 0.1) is 11.4 Å². The summed E-state index contributed by atoms with van der Waals surface area (Å²) in [5.41, 5.74) is 6.45. The number of amides is 2. The minimum absolute atomic E-state index is 0.0585. The van der Waals surface area contributed by atoms with E-state index in [9.17, 15) is 4.79 Å². The van der Waals surface area contributed by atoms with Crippen LogP contribution in [0.4, 0.5) is 10.6 Å². The van der Waals surface area contributed by atoms with E-state index in [0.717, 1.165) is 48.4 Å². The molecule has 1 aliphatic rings. The molecule has 1 aromatic heterocycles. The van der Waals surface area contributed by atoms with E-state index in [2.05, 4.69) is 67.7 Å². The van der Waals surface area contributed by atoms with Crippen LogP contribution in [0.1, 0.15) is 36.0 Å². The molecule has 2 aromatic carbocycles. The van der Waals surface area contributed by atoms with Gasteiger partial charge in [0.1, 0.15) is 0 Å². The molecule has 0 aliphatic carbocycles. The first kappa shape index (κ1) is 19.2. The number of hydrogen-bond acceptors (Lipinski definition) is 2. The van der Waals surface area contributed by atoms with Crippen LogP contribution in [-0.2, 0) is 0 Å². The summed E-state index contributed by atoms with van der Waals surface area (Å²) in [6.45, 7) is 7.81. The van der Waals surface area contributed by atoms with Crippen molar-refractivity contribution in [3.8, 4) is 16.9 Å². The highest BCUT2D eigenvalue weighted by Gasteiger charge is 2.22. The van der Waals surface area contributed by atoms with Gasteiger partial charge in [-0.1, -0.05) is 47.5 Å². The molecule has 2 heterocycles. The van der Waals surface area contributed by atoms with E-state index in [-0.39, 0.29) is 6.03 Å². The summed E-state index contributed by atoms with van der Waals surface area (Å²) in [6, 6.07) is 16.7. The Morgan fingerprint density at radius 2 is 1.45 bits per heavy atom. The number of aryl methyl sites for hydroxylation is 2. The fourth-order valence-corrected chi connectivity index (χ4v) is 3.82. The van der Waals surface area contributed by atoms with E-state index in [1.807, 2.05) is 16.5 Å². The number of nitrogens with zero attached hydrogens (tertiary/aromatic N) is 3. The van der Waals surface area contributed by atoms with Crippen LogP contribution in [0.15, 0.2) is 48.5 Å². The fourth-order valence-electron chi connectivity index (χ4n) is 3.82. The molecular weight excluding hydrogens is 360 g/mol. The van der Waals surface area contributed by atoms with E-state index in [4.69, 9.17) is 5.10 Å². The van der Waals surface area contributed by atoms with Crippen LogP contribution in [0.2, 0.25) is 0 Å². The molecule has 2 amide bonds. The zero-order chi connectivity index (χ0) is 20.4. The zero-order valence-corrected chi connectivity index (χ0v) is 17.4. The van der Waals surface area contributed by atoms with Crippen LogP contribution < -0.4 is 5.32 Å². The van der Waals surface area contributed by atoms with E-state index in [0.29, 0.717) is 5.82 Å². The molecule has 29 heavy (non-hydrogen) atoms. The number of benzene rings is 2. The molecule has 150 valence electrons. The number of likely N-dealkylation sites (tertiary alicyclic amines) is 1. The van der Waals surface area contributed by atoms with Gasteiger partial charge in [-0.25, -0.2) is 9.48 Å². The predicted molar refractivity (Wildman–Crippen MR) is 118 cm³/mol. The fraction of sp³-hybridized carbons (Fsp3) is 0.333. The largest absolute Gasteiger partial charge is 0.324 e. The maximum atomic E-state index is 12.8. The van der Waals surface area contributed by atoms with Crippen LogP contribution in [-0.4, -0.2) is 33.8 Å². The van der Waals surface area contributed by atoms with Crippen molar-refractivity contribution in [2.75, 3.05) is 18.4 Å². The normalized spacial score (nSPS) is 14.1. The molecular formula is C24H28N4O. The molecule has 0 bridgehead atoms. The molecule has 0 radical (unpaired) electrons. The smallest absolute Gasteiger partial charge is 0.323 e. The monoisotopic (exact) mass is 388 g/mol. The molecule has 1 saturated heterocycles. The third-order valence-corrected chi connectivity index (χ3v) is 5.59. The summed E-state index contributed by atoms with van der Waals surface area (Å²) >= 11 is 0. The molecule has 0 saturated carbocycles. The van der Waals surface area contributed by atoms with Gasteiger partial charge in [-0.15, -0.1) is 5.10 Å². The summed E-state index contributed by atoms with van der Waals surface area (Å²) in [5.74, 6) is 0.622. The van der Waals surface area contributed by atoms with Crippen molar-refractivity contribution < 1.29 is 4.79 Å². The van der Waals surface area contributed by atoms with Crippen LogP contribution in [0.3, 0.4) is 0 Å². The Morgan fingerprint density at radius 3 is 2.07 bits per heavy atom. The molecule has 0 atom stereocenters. The lowest BCUT2D eigenvalue weighted by atomic mass is 10.1. The Hall–Kier alpha value is -3.08. The lowest BCUT2D eigenvalue weighted by molar-refractivity contribution is 0.200. The van der Waals surface area contributed by atoms with Gasteiger partial charge in [-0.2, -0.15) is 0 Å². The topological polar surface area (TPSA) is 50.2 Å². The highest BCUT2D eigenvalue weighted by molar-refractivity contribution is 5.90. The highest BCUT2D eigenvalue weighted by atomic mass is 16.2. The number of hydrogen-bond donors (Lipinski definition) is 1. The van der Waals surface area contributed by atoms with Crippen LogP contribution in [0, 0.1) is 20.8 Å². The molecule has 1 aliphatic heterocycles. The summed E-state index contributed by atoms with van der Waals surface area (Å²) < 4.78 is 1.94. The summed E-state index contributed by atoms with van der Waals surface area (Å²) in [5, 5.41) is 7.86. The Morgan fingerprint density at radius 1 is 0.862 bits per heavy atom. The van der Waals surface area contributed by atoms with Crippen molar-refractivity contribution in [3.63, 3.8) is 0 Å². The first-order valence-electron chi connectivity index (χ1n) is 10.3. The van der Waals surface area contributed by atoms with Gasteiger partial charge in [-0.05, 0) is 52.2 Å². The van der Waals surface area contributed by atoms with Gasteiger partial charge in [0.25, 0.3) is 0 Å². The molecule has 1 fully saturated rings. The standard InChI is InChI=1S/C24H28N4O/c1-17-7-11-20(12-8-17)22-19(3)23(25-24(29)27-15-5-4-6-16-27)26-28(22)21-13-9-18(2)10-14-21/h7-14H,4-6,15-16H2,1-3H3,(H,25,26,29). The molecule has 0 unspecified atom stereocenters. The molecule has 5 heteroatoms. The lowest BCUT2D eigenvalue weighted by Crippen LogP contribution is -2.38. The van der Waals surface area contributed by atoms with Crippen molar-refractivity contribution in [1.29, 1.82) is 0 Å². The maximum Gasteiger partial charge on any atom is 0.323 e. The number of carbonyl (C=O) groups is 1. The van der Waals surface area contributed by atoms with Crippen molar-refractivity contribution in [1.82, 2.24) is 14.7 Å². The Balaban J connectivity index is 1.74. The van der Waals surface area contributed by atoms with E-state index >= 15 is 0 Å². The second kappa shape index (κ2) is 8.11. The zero-order valence-electron chi connectivity index (χ0n) is 17.4. The Labute approximate surface area is 172 Å². The second-order valence-electron chi connectivity index (χ2n) is 7.91. The molecule has 4 rings (SSSR count). The number of piperidine rings is 1. The first-order chi connectivity index (χ1) is 14.0. The maximum absolute atomic E-state index is 12.8.